The van der Waals surface area contributed by atoms with Crippen LogP contribution in [0.2, 0.25) is 10.2 Å². The quantitative estimate of drug-likeness (QED) is 0.669. The number of nitrogens with zero attached hydrogens (tertiary/aromatic N) is 2. The number of halogens is 3. The standard InChI is InChI=1S/C5HCl3N2O/c6-2-1-9-10-4(7)3(2)5(8)11/h1H. The second-order valence-electron chi connectivity index (χ2n) is 1.63. The minimum atomic E-state index is -0.741. The molecular weight excluding hydrogens is 210 g/mol. The largest absolute Gasteiger partial charge is 0.275 e. The summed E-state index contributed by atoms with van der Waals surface area (Å²) in [6, 6.07) is 0. The summed E-state index contributed by atoms with van der Waals surface area (Å²) >= 11 is 16.1. The lowest BCUT2D eigenvalue weighted by atomic mass is 10.3. The van der Waals surface area contributed by atoms with Gasteiger partial charge < -0.3 is 0 Å². The summed E-state index contributed by atoms with van der Waals surface area (Å²) in [5.41, 5.74) is -0.00926. The first-order valence-electron chi connectivity index (χ1n) is 2.49. The van der Waals surface area contributed by atoms with Crippen LogP contribution in [-0.2, 0) is 0 Å². The molecule has 0 atom stereocenters. The van der Waals surface area contributed by atoms with Crippen molar-refractivity contribution in [1.29, 1.82) is 0 Å². The van der Waals surface area contributed by atoms with Crippen molar-refractivity contribution in [2.24, 2.45) is 0 Å². The second kappa shape index (κ2) is 3.34. The third kappa shape index (κ3) is 1.80. The zero-order valence-electron chi connectivity index (χ0n) is 5.01. The molecule has 0 spiro atoms. The molecule has 0 saturated heterocycles. The highest BCUT2D eigenvalue weighted by Crippen LogP contribution is 2.22. The fourth-order valence-electron chi connectivity index (χ4n) is 0.518. The Labute approximate surface area is 77.3 Å². The SMILES string of the molecule is O=C(Cl)c1c(Cl)cnnc1Cl. The highest BCUT2D eigenvalue weighted by molar-refractivity contribution is 6.69. The number of carbonyl (C=O) groups excluding carboxylic acids is 1. The van der Waals surface area contributed by atoms with Gasteiger partial charge in [-0.15, -0.1) is 5.10 Å². The van der Waals surface area contributed by atoms with Crippen molar-refractivity contribution in [2.75, 3.05) is 0 Å². The first kappa shape index (κ1) is 8.71. The highest BCUT2D eigenvalue weighted by atomic mass is 35.5. The molecule has 58 valence electrons. The lowest BCUT2D eigenvalue weighted by Gasteiger charge is -1.96. The van der Waals surface area contributed by atoms with E-state index in [1.165, 1.54) is 6.20 Å². The van der Waals surface area contributed by atoms with Crippen LogP contribution in [-0.4, -0.2) is 15.4 Å². The normalized spacial score (nSPS) is 9.73. The minimum absolute atomic E-state index is 0.00926. The zero-order chi connectivity index (χ0) is 8.43. The van der Waals surface area contributed by atoms with Gasteiger partial charge in [0, 0.05) is 0 Å². The Morgan fingerprint density at radius 2 is 2.09 bits per heavy atom. The molecule has 1 aromatic rings. The van der Waals surface area contributed by atoms with Crippen LogP contribution in [0.15, 0.2) is 6.20 Å². The number of rotatable bonds is 1. The lowest BCUT2D eigenvalue weighted by Crippen LogP contribution is -1.95. The Morgan fingerprint density at radius 3 is 2.45 bits per heavy atom. The van der Waals surface area contributed by atoms with Gasteiger partial charge in [0.1, 0.15) is 0 Å². The first-order valence-corrected chi connectivity index (χ1v) is 3.63. The van der Waals surface area contributed by atoms with Crippen LogP contribution in [0.4, 0.5) is 0 Å². The minimum Gasteiger partial charge on any atom is -0.275 e. The molecular formula is C5HCl3N2O. The topological polar surface area (TPSA) is 42.9 Å². The van der Waals surface area contributed by atoms with Crippen LogP contribution < -0.4 is 0 Å². The fourth-order valence-corrected chi connectivity index (χ4v) is 1.30. The molecule has 0 bridgehead atoms. The molecule has 1 rings (SSSR count). The van der Waals surface area contributed by atoms with Crippen molar-refractivity contribution < 1.29 is 4.79 Å². The zero-order valence-corrected chi connectivity index (χ0v) is 7.28. The molecule has 3 nitrogen and oxygen atoms in total. The van der Waals surface area contributed by atoms with E-state index in [1.54, 1.807) is 0 Å². The molecule has 0 saturated carbocycles. The first-order chi connectivity index (χ1) is 5.13. The van der Waals surface area contributed by atoms with E-state index in [4.69, 9.17) is 34.8 Å². The predicted molar refractivity (Wildman–Crippen MR) is 42.2 cm³/mol. The van der Waals surface area contributed by atoms with Crippen LogP contribution in [0, 0.1) is 0 Å². The summed E-state index contributed by atoms with van der Waals surface area (Å²) < 4.78 is 0. The molecule has 0 aliphatic rings. The Morgan fingerprint density at radius 1 is 1.45 bits per heavy atom. The van der Waals surface area contributed by atoms with Gasteiger partial charge >= 0.3 is 0 Å². The van der Waals surface area contributed by atoms with Crippen molar-refractivity contribution in [3.05, 3.63) is 21.9 Å². The summed E-state index contributed by atoms with van der Waals surface area (Å²) in [6.07, 6.45) is 1.20. The van der Waals surface area contributed by atoms with E-state index in [0.29, 0.717) is 0 Å². The maximum absolute atomic E-state index is 10.6. The van der Waals surface area contributed by atoms with Gasteiger partial charge in [0.15, 0.2) is 5.15 Å². The van der Waals surface area contributed by atoms with Crippen molar-refractivity contribution in [3.63, 3.8) is 0 Å². The molecule has 0 amide bonds. The van der Waals surface area contributed by atoms with E-state index in [2.05, 4.69) is 10.2 Å². The van der Waals surface area contributed by atoms with Crippen LogP contribution in [0.3, 0.4) is 0 Å². The van der Waals surface area contributed by atoms with E-state index >= 15 is 0 Å². The molecule has 1 aromatic heterocycles. The summed E-state index contributed by atoms with van der Waals surface area (Å²) in [7, 11) is 0. The van der Waals surface area contributed by atoms with E-state index in [-0.39, 0.29) is 15.7 Å². The maximum Gasteiger partial charge on any atom is 0.257 e. The third-order valence-electron chi connectivity index (χ3n) is 0.958. The van der Waals surface area contributed by atoms with Crippen molar-refractivity contribution in [1.82, 2.24) is 10.2 Å². The molecule has 0 aliphatic carbocycles. The summed E-state index contributed by atoms with van der Waals surface area (Å²) in [4.78, 5) is 10.6. The van der Waals surface area contributed by atoms with Crippen molar-refractivity contribution in [2.45, 2.75) is 0 Å². The number of hydrogen-bond donors (Lipinski definition) is 0. The van der Waals surface area contributed by atoms with E-state index in [1.807, 2.05) is 0 Å². The van der Waals surface area contributed by atoms with E-state index < -0.39 is 5.24 Å². The third-order valence-corrected chi connectivity index (χ3v) is 1.70. The van der Waals surface area contributed by atoms with Crippen LogP contribution >= 0.6 is 34.8 Å². The number of carbonyl (C=O) groups is 1. The van der Waals surface area contributed by atoms with E-state index in [9.17, 15) is 4.79 Å². The van der Waals surface area contributed by atoms with Gasteiger partial charge in [0.25, 0.3) is 5.24 Å². The van der Waals surface area contributed by atoms with Crippen LogP contribution in [0.25, 0.3) is 0 Å². The summed E-state index contributed by atoms with van der Waals surface area (Å²) in [5, 5.41) is 6.06. The van der Waals surface area contributed by atoms with Gasteiger partial charge in [0.2, 0.25) is 0 Å². The smallest absolute Gasteiger partial charge is 0.257 e. The average Bonchev–Trinajstić information content (AvgIpc) is 1.85. The monoisotopic (exact) mass is 210 g/mol. The Kier molecular flexibility index (Phi) is 2.65. The lowest BCUT2D eigenvalue weighted by molar-refractivity contribution is 0.108. The fraction of sp³-hybridized carbons (Fsp3) is 0. The molecule has 0 fully saturated rings. The molecule has 0 radical (unpaired) electrons. The summed E-state index contributed by atoms with van der Waals surface area (Å²) in [5.74, 6) is 0. The van der Waals surface area contributed by atoms with Gasteiger partial charge in [-0.3, -0.25) is 4.79 Å². The Balaban J connectivity index is 3.32. The maximum atomic E-state index is 10.6. The van der Waals surface area contributed by atoms with Crippen LogP contribution in [0.1, 0.15) is 10.4 Å². The van der Waals surface area contributed by atoms with Gasteiger partial charge in [-0.1, -0.05) is 23.2 Å². The number of hydrogen-bond acceptors (Lipinski definition) is 3. The summed E-state index contributed by atoms with van der Waals surface area (Å²) in [6.45, 7) is 0. The predicted octanol–water partition coefficient (Wildman–Crippen LogP) is 2.16. The average molecular weight is 211 g/mol. The van der Waals surface area contributed by atoms with Crippen molar-refractivity contribution >= 4 is 40.0 Å². The van der Waals surface area contributed by atoms with Gasteiger partial charge in [-0.05, 0) is 11.6 Å². The molecule has 0 aromatic carbocycles. The van der Waals surface area contributed by atoms with Crippen LogP contribution in [0.5, 0.6) is 0 Å². The Hall–Kier alpha value is -0.380. The van der Waals surface area contributed by atoms with Gasteiger partial charge in [-0.25, -0.2) is 0 Å². The van der Waals surface area contributed by atoms with Crippen molar-refractivity contribution in [3.8, 4) is 0 Å². The van der Waals surface area contributed by atoms with Gasteiger partial charge in [-0.2, -0.15) is 5.10 Å². The molecule has 0 aliphatic heterocycles. The Bertz CT molecular complexity index is 282. The molecule has 11 heavy (non-hydrogen) atoms. The molecule has 6 heteroatoms. The van der Waals surface area contributed by atoms with Gasteiger partial charge in [0.05, 0.1) is 16.8 Å². The molecule has 0 unspecified atom stereocenters. The number of aromatic nitrogens is 2. The highest BCUT2D eigenvalue weighted by Gasteiger charge is 2.13. The molecule has 0 N–H and O–H groups in total. The van der Waals surface area contributed by atoms with E-state index in [0.717, 1.165) is 0 Å². The molecule has 1 heterocycles. The second-order valence-corrected chi connectivity index (χ2v) is 2.74.